The number of nitrogens with one attached hydrogen (secondary N) is 2. The van der Waals surface area contributed by atoms with Gasteiger partial charge in [-0.25, -0.2) is 8.42 Å². The predicted molar refractivity (Wildman–Crippen MR) is 79.9 cm³/mol. The minimum Gasteiger partial charge on any atom is -0.454 e. The van der Waals surface area contributed by atoms with Crippen molar-refractivity contribution in [1.29, 1.82) is 0 Å². The third-order valence-corrected chi connectivity index (χ3v) is 5.64. The summed E-state index contributed by atoms with van der Waals surface area (Å²) in [6, 6.07) is 2.83. The van der Waals surface area contributed by atoms with Crippen LogP contribution in [0.2, 0.25) is 5.02 Å². The second-order valence-electron chi connectivity index (χ2n) is 5.24. The third kappa shape index (κ3) is 3.35. The van der Waals surface area contributed by atoms with E-state index in [1.165, 1.54) is 12.1 Å². The largest absolute Gasteiger partial charge is 0.454 e. The zero-order chi connectivity index (χ0) is 16.6. The lowest BCUT2D eigenvalue weighted by Crippen LogP contribution is -2.44. The zero-order valence-corrected chi connectivity index (χ0v) is 13.4. The monoisotopic (exact) mass is 360 g/mol. The molecule has 10 heteroatoms. The highest BCUT2D eigenvalue weighted by Gasteiger charge is 2.33. The molecule has 2 aliphatic heterocycles. The average molecular weight is 361 g/mol. The molecule has 124 valence electrons. The number of sulfone groups is 1. The number of benzene rings is 1. The van der Waals surface area contributed by atoms with E-state index in [1.807, 2.05) is 0 Å². The summed E-state index contributed by atoms with van der Waals surface area (Å²) in [5, 5.41) is 0.221. The number of hydrogen-bond acceptors (Lipinski definition) is 6. The third-order valence-electron chi connectivity index (χ3n) is 3.59. The number of halogens is 1. The molecule has 23 heavy (non-hydrogen) atoms. The van der Waals surface area contributed by atoms with Crippen LogP contribution in [0.3, 0.4) is 0 Å². The second-order valence-corrected chi connectivity index (χ2v) is 7.87. The average Bonchev–Trinajstić information content (AvgIpc) is 3.10. The van der Waals surface area contributed by atoms with Crippen LogP contribution in [0.5, 0.6) is 11.5 Å². The maximum absolute atomic E-state index is 12.0. The maximum atomic E-state index is 12.0. The van der Waals surface area contributed by atoms with Crippen molar-refractivity contribution in [3.63, 3.8) is 0 Å². The van der Waals surface area contributed by atoms with E-state index in [0.717, 1.165) is 0 Å². The molecule has 0 aliphatic carbocycles. The molecule has 1 saturated heterocycles. The first-order chi connectivity index (χ1) is 10.9. The highest BCUT2D eigenvalue weighted by atomic mass is 35.5. The van der Waals surface area contributed by atoms with E-state index in [1.54, 1.807) is 0 Å². The van der Waals surface area contributed by atoms with Crippen molar-refractivity contribution >= 4 is 33.3 Å². The molecule has 1 atom stereocenters. The second kappa shape index (κ2) is 5.89. The van der Waals surface area contributed by atoms with Crippen molar-refractivity contribution in [1.82, 2.24) is 10.9 Å². The predicted octanol–water partition coefficient (Wildman–Crippen LogP) is 0.264. The fourth-order valence-corrected chi connectivity index (χ4v) is 4.40. The summed E-state index contributed by atoms with van der Waals surface area (Å²) in [6.07, 6.45) is 0.250. The number of ether oxygens (including phenoxy) is 2. The van der Waals surface area contributed by atoms with Gasteiger partial charge < -0.3 is 9.47 Å². The SMILES string of the molecule is O=C(NNC(=O)[C@@H]1CCS(=O)(=O)C1)c1cc(Cl)c2c(c1)OCO2. The molecule has 0 spiro atoms. The Bertz CT molecular complexity index is 779. The number of amides is 2. The van der Waals surface area contributed by atoms with Crippen LogP contribution in [0.15, 0.2) is 12.1 Å². The standard InChI is InChI=1S/C13H13ClN2O6S/c14-9-3-8(4-10-11(9)22-6-21-10)13(18)16-15-12(17)7-1-2-23(19,20)5-7/h3-4,7H,1-2,5-6H2,(H,15,17)(H,16,18)/t7-/m1/s1. The molecule has 0 saturated carbocycles. The lowest BCUT2D eigenvalue weighted by Gasteiger charge is -2.11. The van der Waals surface area contributed by atoms with Crippen molar-refractivity contribution in [3.05, 3.63) is 22.7 Å². The van der Waals surface area contributed by atoms with Crippen LogP contribution in [0.25, 0.3) is 0 Å². The van der Waals surface area contributed by atoms with Crippen molar-refractivity contribution in [3.8, 4) is 11.5 Å². The van der Waals surface area contributed by atoms with E-state index >= 15 is 0 Å². The van der Waals surface area contributed by atoms with Crippen LogP contribution in [-0.2, 0) is 14.6 Å². The molecule has 2 heterocycles. The minimum atomic E-state index is -3.17. The van der Waals surface area contributed by atoms with Crippen molar-refractivity contribution < 1.29 is 27.5 Å². The Morgan fingerprint density at radius 1 is 1.22 bits per heavy atom. The highest BCUT2D eigenvalue weighted by molar-refractivity contribution is 7.91. The van der Waals surface area contributed by atoms with Crippen LogP contribution in [0, 0.1) is 5.92 Å². The van der Waals surface area contributed by atoms with Gasteiger partial charge in [-0.2, -0.15) is 0 Å². The van der Waals surface area contributed by atoms with Gasteiger partial charge in [0.25, 0.3) is 5.91 Å². The summed E-state index contributed by atoms with van der Waals surface area (Å²) < 4.78 is 33.0. The van der Waals surface area contributed by atoms with Crippen LogP contribution in [0.1, 0.15) is 16.8 Å². The number of hydrogen-bond donors (Lipinski definition) is 2. The Morgan fingerprint density at radius 3 is 2.70 bits per heavy atom. The van der Waals surface area contributed by atoms with Gasteiger partial charge in [0.2, 0.25) is 12.7 Å². The molecule has 0 aromatic heterocycles. The van der Waals surface area contributed by atoms with Crippen molar-refractivity contribution in [2.45, 2.75) is 6.42 Å². The normalized spacial score (nSPS) is 21.0. The first-order valence-corrected chi connectivity index (χ1v) is 8.95. The van der Waals surface area contributed by atoms with Crippen LogP contribution in [-0.4, -0.2) is 38.5 Å². The Kier molecular flexibility index (Phi) is 4.07. The summed E-state index contributed by atoms with van der Waals surface area (Å²) in [4.78, 5) is 23.9. The van der Waals surface area contributed by atoms with Gasteiger partial charge in [0.15, 0.2) is 21.3 Å². The molecule has 2 N–H and O–H groups in total. The first-order valence-electron chi connectivity index (χ1n) is 6.75. The Balaban J connectivity index is 1.62. The van der Waals surface area contributed by atoms with Gasteiger partial charge in [-0.3, -0.25) is 20.4 Å². The van der Waals surface area contributed by atoms with E-state index < -0.39 is 27.6 Å². The van der Waals surface area contributed by atoms with Crippen LogP contribution >= 0.6 is 11.6 Å². The topological polar surface area (TPSA) is 111 Å². The van der Waals surface area contributed by atoms with Gasteiger partial charge in [0, 0.05) is 5.56 Å². The molecule has 0 bridgehead atoms. The van der Waals surface area contributed by atoms with Gasteiger partial charge in [-0.15, -0.1) is 0 Å². The lowest BCUT2D eigenvalue weighted by atomic mass is 10.1. The number of rotatable bonds is 2. The van der Waals surface area contributed by atoms with Crippen LogP contribution < -0.4 is 20.3 Å². The fraction of sp³-hybridized carbons (Fsp3) is 0.385. The summed E-state index contributed by atoms with van der Waals surface area (Å²) in [5.41, 5.74) is 4.64. The molecule has 1 aromatic rings. The van der Waals surface area contributed by atoms with Gasteiger partial charge in [0.05, 0.1) is 22.4 Å². The van der Waals surface area contributed by atoms with E-state index in [-0.39, 0.29) is 35.3 Å². The molecule has 2 amide bonds. The molecule has 3 rings (SSSR count). The van der Waals surface area contributed by atoms with Gasteiger partial charge >= 0.3 is 0 Å². The Labute approximate surface area is 137 Å². The molecule has 0 unspecified atom stereocenters. The Hall–Kier alpha value is -2.00. The summed E-state index contributed by atoms with van der Waals surface area (Å²) in [7, 11) is -3.17. The fourth-order valence-electron chi connectivity index (χ4n) is 2.39. The minimum absolute atomic E-state index is 0.0171. The molecular weight excluding hydrogens is 348 g/mol. The zero-order valence-electron chi connectivity index (χ0n) is 11.8. The van der Waals surface area contributed by atoms with Gasteiger partial charge in [-0.1, -0.05) is 11.6 Å². The maximum Gasteiger partial charge on any atom is 0.269 e. The molecular formula is C13H13ClN2O6S. The number of carbonyl (C=O) groups is 2. The lowest BCUT2D eigenvalue weighted by molar-refractivity contribution is -0.125. The smallest absolute Gasteiger partial charge is 0.269 e. The molecule has 8 nitrogen and oxygen atoms in total. The molecule has 1 aromatic carbocycles. The van der Waals surface area contributed by atoms with Gasteiger partial charge in [-0.05, 0) is 18.6 Å². The molecule has 2 aliphatic rings. The first kappa shape index (κ1) is 15.9. The van der Waals surface area contributed by atoms with E-state index in [4.69, 9.17) is 21.1 Å². The van der Waals surface area contributed by atoms with E-state index in [9.17, 15) is 18.0 Å². The number of fused-ring (bicyclic) bond motifs is 1. The van der Waals surface area contributed by atoms with Crippen molar-refractivity contribution in [2.75, 3.05) is 18.3 Å². The summed E-state index contributed by atoms with van der Waals surface area (Å²) in [6.45, 7) is 0.0208. The number of carbonyl (C=O) groups excluding carboxylic acids is 2. The summed E-state index contributed by atoms with van der Waals surface area (Å²) >= 11 is 5.98. The van der Waals surface area contributed by atoms with E-state index in [0.29, 0.717) is 11.5 Å². The Morgan fingerprint density at radius 2 is 2.00 bits per heavy atom. The van der Waals surface area contributed by atoms with E-state index in [2.05, 4.69) is 10.9 Å². The highest BCUT2D eigenvalue weighted by Crippen LogP contribution is 2.39. The number of hydrazine groups is 1. The van der Waals surface area contributed by atoms with Crippen LogP contribution in [0.4, 0.5) is 0 Å². The quantitative estimate of drug-likeness (QED) is 0.732. The molecule has 1 fully saturated rings. The van der Waals surface area contributed by atoms with Crippen molar-refractivity contribution in [2.24, 2.45) is 5.92 Å². The summed E-state index contributed by atoms with van der Waals surface area (Å²) in [5.74, 6) is -1.30. The molecule has 0 radical (unpaired) electrons. The van der Waals surface area contributed by atoms with Gasteiger partial charge in [0.1, 0.15) is 0 Å².